The topological polar surface area (TPSA) is 86.3 Å². The number of hydrogen-bond donors (Lipinski definition) is 1. The lowest BCUT2D eigenvalue weighted by molar-refractivity contribution is -0.903. The minimum atomic E-state index is -3.92. The second kappa shape index (κ2) is 10.1. The summed E-state index contributed by atoms with van der Waals surface area (Å²) in [6.07, 6.45) is 2.89. The average Bonchev–Trinajstić information content (AvgIpc) is 2.42. The summed E-state index contributed by atoms with van der Waals surface area (Å²) < 4.78 is 28.2. The molecule has 0 saturated heterocycles. The van der Waals surface area contributed by atoms with E-state index in [-0.39, 0.29) is 5.91 Å². The molecule has 1 amide bonds. The van der Waals surface area contributed by atoms with Crippen LogP contribution in [0.3, 0.4) is 0 Å². The van der Waals surface area contributed by atoms with Crippen molar-refractivity contribution in [2.45, 2.75) is 13.0 Å². The zero-order chi connectivity index (χ0) is 17.9. The van der Waals surface area contributed by atoms with Gasteiger partial charge in [-0.15, -0.1) is 0 Å². The third-order valence-corrected chi connectivity index (χ3v) is 2.88. The van der Waals surface area contributed by atoms with Gasteiger partial charge in [-0.1, -0.05) is 36.9 Å². The lowest BCUT2D eigenvalue weighted by Crippen LogP contribution is -2.40. The molecule has 1 aromatic rings. The summed E-state index contributed by atoms with van der Waals surface area (Å²) in [6, 6.07) is 10.5. The van der Waals surface area contributed by atoms with Crippen molar-refractivity contribution in [2.24, 2.45) is 0 Å². The van der Waals surface area contributed by atoms with Gasteiger partial charge in [0.1, 0.15) is 6.54 Å². The number of quaternary nitrogens is 1. The second-order valence-corrected chi connectivity index (χ2v) is 7.26. The molecule has 0 aliphatic rings. The smallest absolute Gasteiger partial charge is 0.243 e. The van der Waals surface area contributed by atoms with Crippen LogP contribution in [0.4, 0.5) is 0 Å². The molecule has 7 heteroatoms. The fraction of sp³-hybridized carbons (Fsp3) is 0.438. The summed E-state index contributed by atoms with van der Waals surface area (Å²) in [5, 5.41) is 2.80. The van der Waals surface area contributed by atoms with Crippen LogP contribution in [0.5, 0.6) is 0 Å². The first-order valence-electron chi connectivity index (χ1n) is 7.20. The molecule has 0 spiro atoms. The maximum atomic E-state index is 11.0. The highest BCUT2D eigenvalue weighted by Gasteiger charge is 2.15. The molecule has 6 nitrogen and oxygen atoms in total. The quantitative estimate of drug-likeness (QED) is 0.348. The standard InChI is InChI=1S/C15H22N2O.CH4O3S/c1-4-15(18)16-11-8-12-17(2,3)13-14-9-6-5-7-10-14;1-5(2,3)4/h4-7,9-10H,1,8,11-13H2,2-3H3;1H3,(H,2,3,4). The van der Waals surface area contributed by atoms with E-state index in [0.717, 1.165) is 24.0 Å². The Hall–Kier alpha value is -1.70. The summed E-state index contributed by atoms with van der Waals surface area (Å²) in [5.41, 5.74) is 1.35. The van der Waals surface area contributed by atoms with Gasteiger partial charge in [-0.25, -0.2) is 8.42 Å². The van der Waals surface area contributed by atoms with Crippen molar-refractivity contribution in [3.05, 3.63) is 48.6 Å². The lowest BCUT2D eigenvalue weighted by Gasteiger charge is -2.30. The van der Waals surface area contributed by atoms with Gasteiger partial charge in [-0.05, 0) is 6.08 Å². The first-order chi connectivity index (χ1) is 10.5. The number of nitrogens with one attached hydrogen (secondary N) is 1. The summed E-state index contributed by atoms with van der Waals surface area (Å²) in [6.45, 7) is 6.18. The van der Waals surface area contributed by atoms with Crippen molar-refractivity contribution >= 4 is 16.0 Å². The molecular formula is C16H26N2O4S. The Morgan fingerprint density at radius 2 is 1.83 bits per heavy atom. The molecule has 0 atom stereocenters. The molecule has 1 aromatic carbocycles. The summed E-state index contributed by atoms with van der Waals surface area (Å²) >= 11 is 0. The van der Waals surface area contributed by atoms with E-state index in [1.165, 1.54) is 11.6 Å². The largest absolute Gasteiger partial charge is 0.748 e. The van der Waals surface area contributed by atoms with E-state index in [1.807, 2.05) is 6.07 Å². The summed E-state index contributed by atoms with van der Waals surface area (Å²) in [7, 11) is 0.505. The Morgan fingerprint density at radius 1 is 1.30 bits per heavy atom. The number of benzene rings is 1. The number of carbonyl (C=O) groups is 1. The van der Waals surface area contributed by atoms with Crippen LogP contribution < -0.4 is 5.32 Å². The SMILES string of the molecule is C=CC(=O)NCCC[N+](C)(C)Cc1ccccc1.CS(=O)(=O)[O-]. The lowest BCUT2D eigenvalue weighted by atomic mass is 10.2. The molecule has 0 radical (unpaired) electrons. The van der Waals surface area contributed by atoms with Gasteiger partial charge in [0, 0.05) is 24.8 Å². The molecule has 0 saturated carbocycles. The highest BCUT2D eigenvalue weighted by molar-refractivity contribution is 7.84. The zero-order valence-corrected chi connectivity index (χ0v) is 14.8. The molecule has 1 N–H and O–H groups in total. The van der Waals surface area contributed by atoms with Gasteiger partial charge >= 0.3 is 0 Å². The third-order valence-electron chi connectivity index (χ3n) is 2.88. The predicted molar refractivity (Wildman–Crippen MR) is 90.6 cm³/mol. The summed E-state index contributed by atoms with van der Waals surface area (Å²) in [5.74, 6) is -0.0941. The van der Waals surface area contributed by atoms with Crippen LogP contribution in [0.15, 0.2) is 43.0 Å². The van der Waals surface area contributed by atoms with Crippen molar-refractivity contribution < 1.29 is 22.2 Å². The molecule has 0 heterocycles. The van der Waals surface area contributed by atoms with E-state index in [0.29, 0.717) is 12.8 Å². The van der Waals surface area contributed by atoms with Crippen LogP contribution in [0.25, 0.3) is 0 Å². The number of amides is 1. The molecule has 0 aliphatic carbocycles. The van der Waals surface area contributed by atoms with Gasteiger partial charge in [-0.2, -0.15) is 0 Å². The maximum Gasteiger partial charge on any atom is 0.243 e. The highest BCUT2D eigenvalue weighted by atomic mass is 32.2. The molecule has 0 fully saturated rings. The van der Waals surface area contributed by atoms with Crippen LogP contribution >= 0.6 is 0 Å². The fourth-order valence-electron chi connectivity index (χ4n) is 1.95. The first-order valence-corrected chi connectivity index (χ1v) is 9.02. The summed E-state index contributed by atoms with van der Waals surface area (Å²) in [4.78, 5) is 11.0. The highest BCUT2D eigenvalue weighted by Crippen LogP contribution is 2.09. The zero-order valence-electron chi connectivity index (χ0n) is 14.0. The minimum absolute atomic E-state index is 0.0941. The molecule has 1 rings (SSSR count). The van der Waals surface area contributed by atoms with Gasteiger partial charge in [0.05, 0.1) is 30.8 Å². The molecule has 0 aromatic heterocycles. The number of hydrogen-bond acceptors (Lipinski definition) is 4. The van der Waals surface area contributed by atoms with Crippen LogP contribution in [0.2, 0.25) is 0 Å². The Kier molecular flexibility index (Phi) is 9.40. The van der Waals surface area contributed by atoms with Gasteiger partial charge in [0.15, 0.2) is 0 Å². The first kappa shape index (κ1) is 21.3. The van der Waals surface area contributed by atoms with E-state index in [4.69, 9.17) is 13.0 Å². The Morgan fingerprint density at radius 3 is 2.30 bits per heavy atom. The maximum absolute atomic E-state index is 11.0. The van der Waals surface area contributed by atoms with Crippen LogP contribution in [0.1, 0.15) is 12.0 Å². The van der Waals surface area contributed by atoms with Gasteiger partial charge in [-0.3, -0.25) is 4.79 Å². The van der Waals surface area contributed by atoms with E-state index < -0.39 is 10.1 Å². The minimum Gasteiger partial charge on any atom is -0.748 e. The van der Waals surface area contributed by atoms with E-state index >= 15 is 0 Å². The average molecular weight is 342 g/mol. The monoisotopic (exact) mass is 342 g/mol. The van der Waals surface area contributed by atoms with Crippen LogP contribution in [0, 0.1) is 0 Å². The predicted octanol–water partition coefficient (Wildman–Crippen LogP) is 1.12. The third kappa shape index (κ3) is 15.0. The van der Waals surface area contributed by atoms with Crippen molar-refractivity contribution in [1.82, 2.24) is 5.32 Å². The molecule has 0 aliphatic heterocycles. The molecule has 0 bridgehead atoms. The van der Waals surface area contributed by atoms with Crippen molar-refractivity contribution in [3.63, 3.8) is 0 Å². The number of rotatable bonds is 7. The molecule has 0 unspecified atom stereocenters. The van der Waals surface area contributed by atoms with Crippen molar-refractivity contribution in [2.75, 3.05) is 33.4 Å². The van der Waals surface area contributed by atoms with Gasteiger partial charge < -0.3 is 14.4 Å². The Labute approximate surface area is 139 Å². The van der Waals surface area contributed by atoms with Crippen LogP contribution in [-0.2, 0) is 21.5 Å². The normalized spacial score (nSPS) is 11.1. The Balaban J connectivity index is 0.000000841. The van der Waals surface area contributed by atoms with E-state index in [2.05, 4.69) is 50.3 Å². The fourth-order valence-corrected chi connectivity index (χ4v) is 1.95. The van der Waals surface area contributed by atoms with Gasteiger partial charge in [0.25, 0.3) is 0 Å². The van der Waals surface area contributed by atoms with Crippen molar-refractivity contribution in [3.8, 4) is 0 Å². The number of carbonyl (C=O) groups excluding carboxylic acids is 1. The van der Waals surface area contributed by atoms with E-state index in [1.54, 1.807) is 0 Å². The van der Waals surface area contributed by atoms with Crippen LogP contribution in [-0.4, -0.2) is 56.8 Å². The van der Waals surface area contributed by atoms with Crippen molar-refractivity contribution in [1.29, 1.82) is 0 Å². The molecule has 130 valence electrons. The van der Waals surface area contributed by atoms with E-state index in [9.17, 15) is 4.79 Å². The Bertz CT molecular complexity index is 575. The molecular weight excluding hydrogens is 316 g/mol. The second-order valence-electron chi connectivity index (χ2n) is 5.86. The van der Waals surface area contributed by atoms with Gasteiger partial charge in [0.2, 0.25) is 5.91 Å². The molecule has 23 heavy (non-hydrogen) atoms. The number of nitrogens with zero attached hydrogens (tertiary/aromatic N) is 1.